The molecule has 1 atom stereocenters. The highest BCUT2D eigenvalue weighted by Gasteiger charge is 2.41. The number of hydrogen-bond acceptors (Lipinski definition) is 3. The highest BCUT2D eigenvalue weighted by atomic mass is 16.6. The molecule has 3 nitrogen and oxygen atoms in total. The fourth-order valence-corrected chi connectivity index (χ4v) is 3.20. The Hall–Kier alpha value is -2.29. The number of carbonyl (C=O) groups excluding carboxylic acids is 1. The van der Waals surface area contributed by atoms with E-state index in [-0.39, 0.29) is 17.7 Å². The van der Waals surface area contributed by atoms with Crippen molar-refractivity contribution >= 4 is 5.97 Å². The Bertz CT molecular complexity index is 732. The lowest BCUT2D eigenvalue weighted by molar-refractivity contribution is 0.0450. The van der Waals surface area contributed by atoms with Crippen molar-refractivity contribution < 1.29 is 14.3 Å². The molecule has 106 valence electrons. The highest BCUT2D eigenvalue weighted by molar-refractivity contribution is 5.98. The average molecular weight is 280 g/mol. The summed E-state index contributed by atoms with van der Waals surface area (Å²) in [5, 5.41) is 0. The van der Waals surface area contributed by atoms with Gasteiger partial charge in [-0.1, -0.05) is 42.5 Å². The van der Waals surface area contributed by atoms with Gasteiger partial charge >= 0.3 is 5.97 Å². The fraction of sp³-hybridized carbons (Fsp3) is 0.278. The van der Waals surface area contributed by atoms with E-state index in [2.05, 4.69) is 6.07 Å². The second kappa shape index (κ2) is 4.10. The number of cyclic esters (lactones) is 1. The van der Waals surface area contributed by atoms with E-state index in [0.717, 1.165) is 23.1 Å². The second-order valence-electron chi connectivity index (χ2n) is 6.25. The summed E-state index contributed by atoms with van der Waals surface area (Å²) in [6.07, 6.45) is 0.491. The average Bonchev–Trinajstić information content (AvgIpc) is 2.95. The predicted octanol–water partition coefficient (Wildman–Crippen LogP) is 3.66. The molecule has 0 N–H and O–H groups in total. The summed E-state index contributed by atoms with van der Waals surface area (Å²) in [5.41, 5.74) is 3.32. The van der Waals surface area contributed by atoms with Crippen LogP contribution in [0.2, 0.25) is 0 Å². The van der Waals surface area contributed by atoms with Gasteiger partial charge in [0.05, 0.1) is 0 Å². The summed E-state index contributed by atoms with van der Waals surface area (Å²) < 4.78 is 11.6. The molecular weight excluding hydrogens is 264 g/mol. The number of benzene rings is 2. The van der Waals surface area contributed by atoms with Gasteiger partial charge in [-0.05, 0) is 25.0 Å². The molecule has 0 saturated carbocycles. The van der Waals surface area contributed by atoms with Crippen LogP contribution in [-0.4, -0.2) is 11.6 Å². The minimum atomic E-state index is -0.327. The lowest BCUT2D eigenvalue weighted by atomic mass is 9.95. The number of esters is 1. The van der Waals surface area contributed by atoms with Gasteiger partial charge in [0.2, 0.25) is 0 Å². The minimum absolute atomic E-state index is 0.261. The molecule has 2 aromatic carbocycles. The molecule has 0 spiro atoms. The second-order valence-corrected chi connectivity index (χ2v) is 6.25. The molecule has 0 unspecified atom stereocenters. The fourth-order valence-electron chi connectivity index (χ4n) is 3.20. The van der Waals surface area contributed by atoms with Crippen molar-refractivity contribution in [2.24, 2.45) is 0 Å². The zero-order valence-electron chi connectivity index (χ0n) is 12.1. The Labute approximate surface area is 123 Å². The number of carbonyl (C=O) groups is 1. The summed E-state index contributed by atoms with van der Waals surface area (Å²) in [6.45, 7) is 4.07. The maximum atomic E-state index is 12.3. The van der Waals surface area contributed by atoms with E-state index in [0.29, 0.717) is 11.3 Å². The summed E-state index contributed by atoms with van der Waals surface area (Å²) in [7, 11) is 0. The third kappa shape index (κ3) is 1.84. The first-order valence-corrected chi connectivity index (χ1v) is 7.16. The number of fused-ring (bicyclic) bond motifs is 3. The summed E-state index contributed by atoms with van der Waals surface area (Å²) in [5.74, 6) is 0.425. The molecule has 2 aliphatic heterocycles. The molecular formula is C18H16O3. The SMILES string of the molecule is CC1(C)Cc2ccc3c(c2O1)C(=O)O[C@H]3c1ccccc1. The summed E-state index contributed by atoms with van der Waals surface area (Å²) >= 11 is 0. The lowest BCUT2D eigenvalue weighted by Gasteiger charge is -2.17. The van der Waals surface area contributed by atoms with Gasteiger partial charge in [0.15, 0.2) is 6.10 Å². The molecule has 0 aromatic heterocycles. The van der Waals surface area contributed by atoms with Crippen LogP contribution in [0.3, 0.4) is 0 Å². The lowest BCUT2D eigenvalue weighted by Crippen LogP contribution is -2.25. The molecule has 0 bridgehead atoms. The van der Waals surface area contributed by atoms with Crippen LogP contribution < -0.4 is 4.74 Å². The largest absolute Gasteiger partial charge is 0.486 e. The molecule has 21 heavy (non-hydrogen) atoms. The van der Waals surface area contributed by atoms with Gasteiger partial charge < -0.3 is 9.47 Å². The van der Waals surface area contributed by atoms with Crippen LogP contribution in [0.15, 0.2) is 42.5 Å². The molecule has 3 heteroatoms. The van der Waals surface area contributed by atoms with Gasteiger partial charge in [-0.15, -0.1) is 0 Å². The molecule has 2 aliphatic rings. The number of rotatable bonds is 1. The Balaban J connectivity index is 1.85. The smallest absolute Gasteiger partial charge is 0.343 e. The van der Waals surface area contributed by atoms with Gasteiger partial charge in [0.25, 0.3) is 0 Å². The van der Waals surface area contributed by atoms with Gasteiger partial charge in [0, 0.05) is 12.0 Å². The molecule has 0 fully saturated rings. The topological polar surface area (TPSA) is 35.5 Å². The van der Waals surface area contributed by atoms with Gasteiger partial charge in [0.1, 0.15) is 16.9 Å². The van der Waals surface area contributed by atoms with Crippen molar-refractivity contribution in [2.75, 3.05) is 0 Å². The first-order valence-electron chi connectivity index (χ1n) is 7.16. The van der Waals surface area contributed by atoms with Crippen LogP contribution >= 0.6 is 0 Å². The first kappa shape index (κ1) is 12.5. The molecule has 2 heterocycles. The third-order valence-electron chi connectivity index (χ3n) is 4.08. The molecule has 0 aliphatic carbocycles. The Morgan fingerprint density at radius 3 is 2.62 bits per heavy atom. The Kier molecular flexibility index (Phi) is 2.43. The molecule has 0 amide bonds. The zero-order chi connectivity index (χ0) is 14.6. The van der Waals surface area contributed by atoms with Crippen LogP contribution in [0.25, 0.3) is 0 Å². The Morgan fingerprint density at radius 2 is 1.86 bits per heavy atom. The van der Waals surface area contributed by atoms with Gasteiger partial charge in [-0.2, -0.15) is 0 Å². The standard InChI is InChI=1S/C18H16O3/c1-18(2)10-12-8-9-13-14(16(12)21-18)17(19)20-15(13)11-6-4-3-5-7-11/h3-9,15H,10H2,1-2H3/t15-/m0/s1. The summed E-state index contributed by atoms with van der Waals surface area (Å²) in [4.78, 5) is 12.3. The van der Waals surface area contributed by atoms with E-state index in [1.54, 1.807) is 0 Å². The van der Waals surface area contributed by atoms with Crippen molar-refractivity contribution in [1.29, 1.82) is 0 Å². The third-order valence-corrected chi connectivity index (χ3v) is 4.08. The zero-order valence-corrected chi connectivity index (χ0v) is 12.1. The van der Waals surface area contributed by atoms with E-state index in [4.69, 9.17) is 9.47 Å². The molecule has 2 aromatic rings. The maximum absolute atomic E-state index is 12.3. The monoisotopic (exact) mass is 280 g/mol. The van der Waals surface area contributed by atoms with Crippen LogP contribution in [0.5, 0.6) is 5.75 Å². The van der Waals surface area contributed by atoms with Crippen molar-refractivity contribution in [3.05, 3.63) is 64.7 Å². The van der Waals surface area contributed by atoms with Crippen LogP contribution in [0.4, 0.5) is 0 Å². The molecule has 0 saturated heterocycles. The Morgan fingerprint density at radius 1 is 1.10 bits per heavy atom. The van der Waals surface area contributed by atoms with E-state index in [9.17, 15) is 4.79 Å². The van der Waals surface area contributed by atoms with Crippen molar-refractivity contribution in [1.82, 2.24) is 0 Å². The normalized spacial score (nSPS) is 21.4. The number of hydrogen-bond donors (Lipinski definition) is 0. The van der Waals surface area contributed by atoms with Gasteiger partial charge in [-0.25, -0.2) is 4.79 Å². The van der Waals surface area contributed by atoms with Crippen molar-refractivity contribution in [3.63, 3.8) is 0 Å². The molecule has 0 radical (unpaired) electrons. The van der Waals surface area contributed by atoms with Crippen LogP contribution in [-0.2, 0) is 11.2 Å². The first-order chi connectivity index (χ1) is 10.1. The summed E-state index contributed by atoms with van der Waals surface area (Å²) in [6, 6.07) is 13.9. The highest BCUT2D eigenvalue weighted by Crippen LogP contribution is 2.46. The predicted molar refractivity (Wildman–Crippen MR) is 78.6 cm³/mol. The van der Waals surface area contributed by atoms with Crippen LogP contribution in [0.1, 0.15) is 47.0 Å². The van der Waals surface area contributed by atoms with E-state index in [1.165, 1.54) is 0 Å². The van der Waals surface area contributed by atoms with Gasteiger partial charge in [-0.3, -0.25) is 0 Å². The van der Waals surface area contributed by atoms with E-state index < -0.39 is 0 Å². The van der Waals surface area contributed by atoms with Crippen molar-refractivity contribution in [3.8, 4) is 5.75 Å². The van der Waals surface area contributed by atoms with E-state index >= 15 is 0 Å². The maximum Gasteiger partial charge on any atom is 0.343 e. The molecule has 4 rings (SSSR count). The van der Waals surface area contributed by atoms with Crippen molar-refractivity contribution in [2.45, 2.75) is 32.0 Å². The van der Waals surface area contributed by atoms with Crippen LogP contribution in [0, 0.1) is 0 Å². The minimum Gasteiger partial charge on any atom is -0.486 e. The quantitative estimate of drug-likeness (QED) is 0.748. The number of ether oxygens (including phenoxy) is 2. The van der Waals surface area contributed by atoms with E-state index in [1.807, 2.05) is 50.2 Å².